The predicted octanol–water partition coefficient (Wildman–Crippen LogP) is 3.41. The fourth-order valence-corrected chi connectivity index (χ4v) is 1.23. The molecule has 0 fully saturated rings. The molecular weight excluding hydrogens is 189 g/mol. The lowest BCUT2D eigenvalue weighted by Crippen LogP contribution is -1.95. The standard InChI is InChI=1S/C10H9ClFN/c1-6-3-8(7(2)5-13)10(12)4-9(6)11/h3-4,7H,1-2H3. The van der Waals surface area contributed by atoms with Crippen LogP contribution in [0.15, 0.2) is 12.1 Å². The Kier molecular flexibility index (Phi) is 2.90. The monoisotopic (exact) mass is 197 g/mol. The van der Waals surface area contributed by atoms with E-state index in [4.69, 9.17) is 16.9 Å². The highest BCUT2D eigenvalue weighted by Crippen LogP contribution is 2.24. The van der Waals surface area contributed by atoms with Crippen molar-refractivity contribution in [2.75, 3.05) is 0 Å². The molecule has 3 heteroatoms. The number of nitriles is 1. The van der Waals surface area contributed by atoms with Crippen LogP contribution in [0.3, 0.4) is 0 Å². The smallest absolute Gasteiger partial charge is 0.129 e. The van der Waals surface area contributed by atoms with E-state index in [1.807, 2.05) is 6.07 Å². The number of halogens is 2. The minimum Gasteiger partial charge on any atom is -0.207 e. The molecule has 0 aliphatic heterocycles. The van der Waals surface area contributed by atoms with Gasteiger partial charge < -0.3 is 0 Å². The van der Waals surface area contributed by atoms with E-state index >= 15 is 0 Å². The maximum atomic E-state index is 13.2. The Bertz CT molecular complexity index is 368. The molecule has 68 valence electrons. The lowest BCUT2D eigenvalue weighted by molar-refractivity contribution is 0.606. The van der Waals surface area contributed by atoms with Crippen LogP contribution in [-0.4, -0.2) is 0 Å². The second kappa shape index (κ2) is 3.76. The molecule has 13 heavy (non-hydrogen) atoms. The molecule has 0 N–H and O–H groups in total. The van der Waals surface area contributed by atoms with Gasteiger partial charge in [0.2, 0.25) is 0 Å². The molecule has 0 aliphatic carbocycles. The van der Waals surface area contributed by atoms with Gasteiger partial charge in [0.05, 0.1) is 12.0 Å². The van der Waals surface area contributed by atoms with Crippen LogP contribution in [0.5, 0.6) is 0 Å². The van der Waals surface area contributed by atoms with Crippen LogP contribution in [0.4, 0.5) is 4.39 Å². The Balaban J connectivity index is 3.25. The van der Waals surface area contributed by atoms with Crippen molar-refractivity contribution in [3.8, 4) is 6.07 Å². The van der Waals surface area contributed by atoms with E-state index in [2.05, 4.69) is 0 Å². The van der Waals surface area contributed by atoms with Gasteiger partial charge in [-0.05, 0) is 25.5 Å². The Morgan fingerprint density at radius 2 is 2.15 bits per heavy atom. The molecule has 0 amide bonds. The van der Waals surface area contributed by atoms with E-state index in [9.17, 15) is 4.39 Å². The Labute approximate surface area is 81.8 Å². The van der Waals surface area contributed by atoms with Crippen molar-refractivity contribution >= 4 is 11.6 Å². The van der Waals surface area contributed by atoms with Crippen LogP contribution in [0.25, 0.3) is 0 Å². The van der Waals surface area contributed by atoms with Gasteiger partial charge in [-0.25, -0.2) is 4.39 Å². The number of hydrogen-bond donors (Lipinski definition) is 0. The van der Waals surface area contributed by atoms with Gasteiger partial charge in [0, 0.05) is 10.6 Å². The number of rotatable bonds is 1. The second-order valence-corrected chi connectivity index (χ2v) is 3.38. The summed E-state index contributed by atoms with van der Waals surface area (Å²) in [5.41, 5.74) is 1.20. The van der Waals surface area contributed by atoms with Gasteiger partial charge in [0.25, 0.3) is 0 Å². The Morgan fingerprint density at radius 1 is 1.54 bits per heavy atom. The molecule has 1 nitrogen and oxygen atoms in total. The van der Waals surface area contributed by atoms with Crippen molar-refractivity contribution in [2.24, 2.45) is 0 Å². The summed E-state index contributed by atoms with van der Waals surface area (Å²) in [4.78, 5) is 0. The van der Waals surface area contributed by atoms with Crippen molar-refractivity contribution in [3.63, 3.8) is 0 Å². The van der Waals surface area contributed by atoms with Crippen molar-refractivity contribution in [1.29, 1.82) is 5.26 Å². The van der Waals surface area contributed by atoms with Crippen LogP contribution in [0.2, 0.25) is 5.02 Å². The quantitative estimate of drug-likeness (QED) is 0.677. The average molecular weight is 198 g/mol. The van der Waals surface area contributed by atoms with E-state index in [1.165, 1.54) is 6.07 Å². The number of benzene rings is 1. The predicted molar refractivity (Wildman–Crippen MR) is 50.2 cm³/mol. The van der Waals surface area contributed by atoms with Gasteiger partial charge >= 0.3 is 0 Å². The molecule has 0 saturated heterocycles. The van der Waals surface area contributed by atoms with Crippen molar-refractivity contribution in [3.05, 3.63) is 34.1 Å². The van der Waals surface area contributed by atoms with Crippen LogP contribution in [0.1, 0.15) is 24.0 Å². The first-order valence-electron chi connectivity index (χ1n) is 3.91. The topological polar surface area (TPSA) is 23.8 Å². The molecule has 1 atom stereocenters. The van der Waals surface area contributed by atoms with Crippen molar-refractivity contribution in [2.45, 2.75) is 19.8 Å². The zero-order valence-corrected chi connectivity index (χ0v) is 8.19. The van der Waals surface area contributed by atoms with Crippen LogP contribution in [-0.2, 0) is 0 Å². The lowest BCUT2D eigenvalue weighted by atomic mass is 10.0. The van der Waals surface area contributed by atoms with Gasteiger partial charge in [0.1, 0.15) is 5.82 Å². The third-order valence-electron chi connectivity index (χ3n) is 1.94. The van der Waals surface area contributed by atoms with E-state index in [-0.39, 0.29) is 0 Å². The Morgan fingerprint density at radius 3 is 2.69 bits per heavy atom. The summed E-state index contributed by atoms with van der Waals surface area (Å²) in [5, 5.41) is 9.02. The van der Waals surface area contributed by atoms with Crippen molar-refractivity contribution in [1.82, 2.24) is 0 Å². The molecule has 0 bridgehead atoms. The third-order valence-corrected chi connectivity index (χ3v) is 2.35. The summed E-state index contributed by atoms with van der Waals surface area (Å²) in [5.74, 6) is -0.847. The van der Waals surface area contributed by atoms with Gasteiger partial charge in [0.15, 0.2) is 0 Å². The molecule has 1 rings (SSSR count). The fraction of sp³-hybridized carbons (Fsp3) is 0.300. The maximum absolute atomic E-state index is 13.2. The molecule has 0 heterocycles. The first-order chi connectivity index (χ1) is 6.06. The van der Waals surface area contributed by atoms with Crippen LogP contribution >= 0.6 is 11.6 Å². The average Bonchev–Trinajstić information content (AvgIpc) is 2.10. The number of nitrogens with zero attached hydrogens (tertiary/aromatic N) is 1. The molecular formula is C10H9ClFN. The van der Waals surface area contributed by atoms with Crippen LogP contribution < -0.4 is 0 Å². The molecule has 1 aromatic carbocycles. The molecule has 0 radical (unpaired) electrons. The molecule has 0 saturated carbocycles. The summed E-state index contributed by atoms with van der Waals surface area (Å²) in [6.07, 6.45) is 0. The number of aryl methyl sites for hydroxylation is 1. The first kappa shape index (κ1) is 10.0. The largest absolute Gasteiger partial charge is 0.207 e. The van der Waals surface area contributed by atoms with Gasteiger partial charge in [-0.1, -0.05) is 17.7 Å². The second-order valence-electron chi connectivity index (χ2n) is 2.97. The number of hydrogen-bond acceptors (Lipinski definition) is 1. The Hall–Kier alpha value is -1.07. The van der Waals surface area contributed by atoms with Gasteiger partial charge in [-0.3, -0.25) is 0 Å². The maximum Gasteiger partial charge on any atom is 0.129 e. The highest BCUT2D eigenvalue weighted by Gasteiger charge is 2.11. The molecule has 0 aliphatic rings. The van der Waals surface area contributed by atoms with E-state index in [0.29, 0.717) is 10.6 Å². The molecule has 0 spiro atoms. The summed E-state index contributed by atoms with van der Waals surface area (Å²) in [7, 11) is 0. The van der Waals surface area contributed by atoms with E-state index in [1.54, 1.807) is 19.9 Å². The van der Waals surface area contributed by atoms with Gasteiger partial charge in [-0.2, -0.15) is 5.26 Å². The SMILES string of the molecule is Cc1cc(C(C)C#N)c(F)cc1Cl. The lowest BCUT2D eigenvalue weighted by Gasteiger charge is -2.07. The summed E-state index contributed by atoms with van der Waals surface area (Å²) in [6.45, 7) is 3.45. The highest BCUT2D eigenvalue weighted by atomic mass is 35.5. The minimum absolute atomic E-state index is 0.395. The molecule has 1 unspecified atom stereocenters. The first-order valence-corrected chi connectivity index (χ1v) is 4.29. The summed E-state index contributed by atoms with van der Waals surface area (Å²) >= 11 is 5.71. The van der Waals surface area contributed by atoms with Crippen molar-refractivity contribution < 1.29 is 4.39 Å². The van der Waals surface area contributed by atoms with Crippen LogP contribution in [0, 0.1) is 24.1 Å². The summed E-state index contributed by atoms with van der Waals surface area (Å²) < 4.78 is 13.2. The summed E-state index contributed by atoms with van der Waals surface area (Å²) in [6, 6.07) is 4.85. The third kappa shape index (κ3) is 1.99. The highest BCUT2D eigenvalue weighted by molar-refractivity contribution is 6.31. The molecule has 0 aromatic heterocycles. The zero-order valence-electron chi connectivity index (χ0n) is 7.44. The van der Waals surface area contributed by atoms with Gasteiger partial charge in [-0.15, -0.1) is 0 Å². The fourth-order valence-electron chi connectivity index (χ4n) is 1.08. The van der Waals surface area contributed by atoms with E-state index in [0.717, 1.165) is 5.56 Å². The zero-order chi connectivity index (χ0) is 10.0. The normalized spacial score (nSPS) is 12.2. The molecule has 1 aromatic rings. The van der Waals surface area contributed by atoms with E-state index < -0.39 is 11.7 Å². The minimum atomic E-state index is -0.434.